The van der Waals surface area contributed by atoms with Gasteiger partial charge in [-0.1, -0.05) is 133 Å². The number of ether oxygens (including phenoxy) is 1. The summed E-state index contributed by atoms with van der Waals surface area (Å²) in [5.41, 5.74) is 0.953. The Morgan fingerprint density at radius 1 is 0.732 bits per heavy atom. The Balaban J connectivity index is 2.59. The molecule has 4 nitrogen and oxygen atoms in total. The number of carbonyl (C=O) groups is 2. The van der Waals surface area contributed by atoms with Crippen molar-refractivity contribution in [1.29, 1.82) is 0 Å². The molecule has 0 aliphatic carbocycles. The summed E-state index contributed by atoms with van der Waals surface area (Å²) in [4.78, 5) is 26.5. The minimum Gasteiger partial charge on any atom is -0.459 e. The third-order valence-corrected chi connectivity index (χ3v) is 7.82. The molecular formula is C37H61NO3. The Morgan fingerprint density at radius 3 is 1.66 bits per heavy atom. The van der Waals surface area contributed by atoms with Gasteiger partial charge in [-0.2, -0.15) is 0 Å². The van der Waals surface area contributed by atoms with Crippen LogP contribution in [0.1, 0.15) is 141 Å². The molecule has 1 atom stereocenters. The zero-order chi connectivity index (χ0) is 30.0. The van der Waals surface area contributed by atoms with Crippen molar-refractivity contribution in [3.8, 4) is 0 Å². The summed E-state index contributed by atoms with van der Waals surface area (Å²) in [6.45, 7) is 12.0. The molecule has 0 radical (unpaired) electrons. The van der Waals surface area contributed by atoms with E-state index >= 15 is 0 Å². The SMILES string of the molecule is C=CCCCCCCCCCC(CCCCCCCCCC=C)C(=O)N[C@@H](CC(C)C)C(=O)OCc1ccccc1. The first kappa shape index (κ1) is 36.7. The quantitative estimate of drug-likeness (QED) is 0.0653. The number of hydrogen-bond donors (Lipinski definition) is 1. The van der Waals surface area contributed by atoms with Crippen molar-refractivity contribution in [2.75, 3.05) is 0 Å². The largest absolute Gasteiger partial charge is 0.459 e. The maximum Gasteiger partial charge on any atom is 0.328 e. The third-order valence-electron chi connectivity index (χ3n) is 7.82. The van der Waals surface area contributed by atoms with Crippen LogP contribution in [0.15, 0.2) is 55.6 Å². The molecule has 0 unspecified atom stereocenters. The van der Waals surface area contributed by atoms with Gasteiger partial charge >= 0.3 is 5.97 Å². The van der Waals surface area contributed by atoms with Gasteiger partial charge in [0.05, 0.1) is 0 Å². The van der Waals surface area contributed by atoms with E-state index in [0.717, 1.165) is 44.1 Å². The van der Waals surface area contributed by atoms with E-state index in [1.54, 1.807) is 0 Å². The van der Waals surface area contributed by atoms with Gasteiger partial charge in [-0.15, -0.1) is 13.2 Å². The van der Waals surface area contributed by atoms with Gasteiger partial charge in [0.1, 0.15) is 12.6 Å². The number of hydrogen-bond acceptors (Lipinski definition) is 3. The van der Waals surface area contributed by atoms with Crippen LogP contribution in [-0.4, -0.2) is 17.9 Å². The normalized spacial score (nSPS) is 11.9. The van der Waals surface area contributed by atoms with Gasteiger partial charge in [0.2, 0.25) is 5.91 Å². The van der Waals surface area contributed by atoms with Crippen LogP contribution in [0, 0.1) is 11.8 Å². The molecule has 1 aromatic rings. The minimum atomic E-state index is -0.597. The number of unbranched alkanes of at least 4 members (excludes halogenated alkanes) is 14. The predicted octanol–water partition coefficient (Wildman–Crippen LogP) is 10.3. The van der Waals surface area contributed by atoms with Crippen molar-refractivity contribution in [3.05, 3.63) is 61.2 Å². The third kappa shape index (κ3) is 20.2. The highest BCUT2D eigenvalue weighted by molar-refractivity contribution is 5.85. The summed E-state index contributed by atoms with van der Waals surface area (Å²) in [5, 5.41) is 3.12. The molecule has 0 saturated heterocycles. The molecule has 0 aromatic heterocycles. The number of benzene rings is 1. The molecule has 1 rings (SSSR count). The van der Waals surface area contributed by atoms with Crippen molar-refractivity contribution >= 4 is 11.9 Å². The lowest BCUT2D eigenvalue weighted by molar-refractivity contribution is -0.150. The number of allylic oxidation sites excluding steroid dienone is 2. The summed E-state index contributed by atoms with van der Waals surface area (Å²) >= 11 is 0. The number of amides is 1. The molecule has 1 aromatic carbocycles. The second-order valence-electron chi connectivity index (χ2n) is 12.2. The monoisotopic (exact) mass is 567 g/mol. The second-order valence-corrected chi connectivity index (χ2v) is 12.2. The van der Waals surface area contributed by atoms with E-state index < -0.39 is 6.04 Å². The van der Waals surface area contributed by atoms with Crippen LogP contribution in [0.4, 0.5) is 0 Å². The van der Waals surface area contributed by atoms with Gasteiger partial charge in [-0.05, 0) is 56.4 Å². The van der Waals surface area contributed by atoms with Gasteiger partial charge in [0.25, 0.3) is 0 Å². The first-order chi connectivity index (χ1) is 20.0. The van der Waals surface area contributed by atoms with Gasteiger partial charge in [0.15, 0.2) is 0 Å². The Hall–Kier alpha value is -2.36. The van der Waals surface area contributed by atoms with Crippen LogP contribution in [0.2, 0.25) is 0 Å². The average molecular weight is 568 g/mol. The van der Waals surface area contributed by atoms with Crippen LogP contribution in [0.5, 0.6) is 0 Å². The molecule has 0 spiro atoms. The second kappa shape index (κ2) is 25.4. The maximum atomic E-state index is 13.5. The minimum absolute atomic E-state index is 0.0289. The van der Waals surface area contributed by atoms with E-state index in [-0.39, 0.29) is 30.3 Å². The molecule has 0 aliphatic heterocycles. The molecule has 1 amide bonds. The molecule has 232 valence electrons. The number of carbonyl (C=O) groups excluding carboxylic acids is 2. The first-order valence-electron chi connectivity index (χ1n) is 16.7. The summed E-state index contributed by atoms with van der Waals surface area (Å²) in [5.74, 6) is -0.0588. The van der Waals surface area contributed by atoms with E-state index in [1.165, 1.54) is 77.0 Å². The van der Waals surface area contributed by atoms with Gasteiger partial charge in [-0.3, -0.25) is 4.79 Å². The van der Waals surface area contributed by atoms with Crippen molar-refractivity contribution in [1.82, 2.24) is 5.32 Å². The molecular weight excluding hydrogens is 506 g/mol. The van der Waals surface area contributed by atoms with Gasteiger partial charge < -0.3 is 10.1 Å². The lowest BCUT2D eigenvalue weighted by atomic mass is 9.92. The topological polar surface area (TPSA) is 55.4 Å². The van der Waals surface area contributed by atoms with Crippen LogP contribution in [0.3, 0.4) is 0 Å². The summed E-state index contributed by atoms with van der Waals surface area (Å²) < 4.78 is 5.63. The Bertz CT molecular complexity index is 778. The van der Waals surface area contributed by atoms with Crippen molar-refractivity contribution in [2.45, 2.75) is 148 Å². The Labute approximate surface area is 252 Å². The lowest BCUT2D eigenvalue weighted by Gasteiger charge is -2.23. The highest BCUT2D eigenvalue weighted by Crippen LogP contribution is 2.21. The molecule has 0 fully saturated rings. The summed E-state index contributed by atoms with van der Waals surface area (Å²) in [7, 11) is 0. The molecule has 0 heterocycles. The number of rotatable bonds is 27. The average Bonchev–Trinajstić information content (AvgIpc) is 2.97. The van der Waals surface area contributed by atoms with Crippen molar-refractivity contribution in [2.24, 2.45) is 11.8 Å². The van der Waals surface area contributed by atoms with Crippen LogP contribution < -0.4 is 5.32 Å². The molecule has 0 bridgehead atoms. The molecule has 4 heteroatoms. The van der Waals surface area contributed by atoms with E-state index in [4.69, 9.17) is 4.74 Å². The fraction of sp³-hybridized carbons (Fsp3) is 0.676. The number of esters is 1. The Morgan fingerprint density at radius 2 is 1.20 bits per heavy atom. The molecule has 41 heavy (non-hydrogen) atoms. The van der Waals surface area contributed by atoms with E-state index in [1.807, 2.05) is 42.5 Å². The number of nitrogens with one attached hydrogen (secondary N) is 1. The molecule has 1 N–H and O–H groups in total. The summed E-state index contributed by atoms with van der Waals surface area (Å²) in [6, 6.07) is 9.12. The van der Waals surface area contributed by atoms with Crippen LogP contribution >= 0.6 is 0 Å². The molecule has 0 saturated carbocycles. The lowest BCUT2D eigenvalue weighted by Crippen LogP contribution is -2.45. The Kier molecular flexibility index (Phi) is 22.7. The highest BCUT2D eigenvalue weighted by Gasteiger charge is 2.27. The van der Waals surface area contributed by atoms with Crippen LogP contribution in [-0.2, 0) is 20.9 Å². The standard InChI is InChI=1S/C37H61NO3/c1-5-7-9-11-13-15-17-19-24-28-34(29-25-20-18-16-14-12-10-8-6-2)36(39)38-35(30-32(3)4)37(40)41-31-33-26-22-21-23-27-33/h5-6,21-23,26-27,32,34-35H,1-2,7-20,24-25,28-31H2,3-4H3,(H,38,39)/t35-/m0/s1. The fourth-order valence-corrected chi connectivity index (χ4v) is 5.34. The predicted molar refractivity (Wildman–Crippen MR) is 175 cm³/mol. The van der Waals surface area contributed by atoms with Gasteiger partial charge in [-0.25, -0.2) is 4.79 Å². The van der Waals surface area contributed by atoms with Crippen molar-refractivity contribution < 1.29 is 14.3 Å². The van der Waals surface area contributed by atoms with Crippen LogP contribution in [0.25, 0.3) is 0 Å². The van der Waals surface area contributed by atoms with E-state index in [2.05, 4.69) is 32.3 Å². The zero-order valence-corrected chi connectivity index (χ0v) is 26.6. The molecule has 0 aliphatic rings. The maximum absolute atomic E-state index is 13.5. The highest BCUT2D eigenvalue weighted by atomic mass is 16.5. The van der Waals surface area contributed by atoms with Gasteiger partial charge in [0, 0.05) is 5.92 Å². The van der Waals surface area contributed by atoms with E-state index in [9.17, 15) is 9.59 Å². The zero-order valence-electron chi connectivity index (χ0n) is 26.6. The first-order valence-corrected chi connectivity index (χ1v) is 16.7. The van der Waals surface area contributed by atoms with E-state index in [0.29, 0.717) is 6.42 Å². The smallest absolute Gasteiger partial charge is 0.328 e. The summed E-state index contributed by atoms with van der Waals surface area (Å²) in [6.07, 6.45) is 25.7. The van der Waals surface area contributed by atoms with Crippen molar-refractivity contribution in [3.63, 3.8) is 0 Å². The fourth-order valence-electron chi connectivity index (χ4n) is 5.34.